The molecule has 1 heterocycles. The third kappa shape index (κ3) is 40.5. The fraction of sp³-hybridized carbons (Fsp3) is 0.902. The zero-order valence-corrected chi connectivity index (χ0v) is 46.7. The van der Waals surface area contributed by atoms with E-state index in [1.165, 1.54) is 173 Å². The number of hydrogen-bond acceptors (Lipinski definition) is 10. The second-order valence-electron chi connectivity index (χ2n) is 21.4. The summed E-state index contributed by atoms with van der Waals surface area (Å²) in [6, 6.07) is -0.820. The Morgan fingerprint density at radius 2 is 0.889 bits per heavy atom. The number of hydrogen-bond donors (Lipinski definition) is 6. The third-order valence-corrected chi connectivity index (χ3v) is 14.6. The Morgan fingerprint density at radius 3 is 1.33 bits per heavy atom. The molecule has 0 aromatic carbocycles. The highest BCUT2D eigenvalue weighted by molar-refractivity contribution is 5.76. The van der Waals surface area contributed by atoms with Crippen LogP contribution in [0.3, 0.4) is 0 Å². The molecule has 72 heavy (non-hydrogen) atoms. The Hall–Kier alpha value is -1.86. The van der Waals surface area contributed by atoms with Crippen LogP contribution in [-0.4, -0.2) is 100 Å². The van der Waals surface area contributed by atoms with Crippen molar-refractivity contribution < 1.29 is 49.3 Å². The van der Waals surface area contributed by atoms with Crippen LogP contribution >= 0.6 is 0 Å². The molecule has 11 heteroatoms. The highest BCUT2D eigenvalue weighted by atomic mass is 16.7. The molecule has 1 amide bonds. The van der Waals surface area contributed by atoms with Crippen LogP contribution in [0.2, 0.25) is 0 Å². The van der Waals surface area contributed by atoms with Gasteiger partial charge in [0.1, 0.15) is 24.4 Å². The van der Waals surface area contributed by atoms with Gasteiger partial charge in [0.05, 0.1) is 32.0 Å². The molecule has 424 valence electrons. The van der Waals surface area contributed by atoms with Gasteiger partial charge < -0.3 is 45.1 Å². The lowest BCUT2D eigenvalue weighted by Crippen LogP contribution is -2.60. The summed E-state index contributed by atoms with van der Waals surface area (Å²) in [5.74, 6) is -0.216. The minimum atomic E-state index is -1.58. The number of nitrogens with one attached hydrogen (secondary N) is 1. The largest absolute Gasteiger partial charge is 0.466 e. The average molecular weight is 1020 g/mol. The van der Waals surface area contributed by atoms with Crippen LogP contribution in [0.25, 0.3) is 0 Å². The zero-order valence-electron chi connectivity index (χ0n) is 46.7. The molecular weight excluding hydrogens is 907 g/mol. The summed E-state index contributed by atoms with van der Waals surface area (Å²) in [5.41, 5.74) is 0. The van der Waals surface area contributed by atoms with Crippen molar-refractivity contribution in [1.29, 1.82) is 0 Å². The number of unbranched alkanes of at least 4 members (excludes halogenated alkanes) is 37. The number of rotatable bonds is 53. The van der Waals surface area contributed by atoms with Crippen molar-refractivity contribution in [3.63, 3.8) is 0 Å². The summed E-state index contributed by atoms with van der Waals surface area (Å²) in [4.78, 5) is 25.1. The molecule has 1 fully saturated rings. The van der Waals surface area contributed by atoms with Crippen LogP contribution < -0.4 is 5.32 Å². The van der Waals surface area contributed by atoms with Crippen LogP contribution in [0.4, 0.5) is 0 Å². The number of ether oxygens (including phenoxy) is 3. The van der Waals surface area contributed by atoms with Gasteiger partial charge in [-0.1, -0.05) is 244 Å². The smallest absolute Gasteiger partial charge is 0.305 e. The SMILES string of the molecule is CCCCCCCCC/C=C/C(O)C(COC1OC(CO)C(O)C(O)C1O)NC(=O)CCCCCCC/C=C\CCCCCCCCCOC(=O)CCCCCCCCCCCCCCCCCCCCC. The standard InChI is InChI=1S/C61H115NO10/c1-3-5-7-9-11-13-14-15-16-17-18-19-23-26-29-33-37-41-45-49-57(66)70-50-46-42-38-34-30-27-24-21-20-22-25-28-32-36-40-44-48-56(65)62-53(54(64)47-43-39-35-31-12-10-8-6-4-2)52-71-61-60(69)59(68)58(67)55(51-63)72-61/h20,22,43,47,53-55,58-61,63-64,67-69H,3-19,21,23-42,44-46,48-52H2,1-2H3,(H,62,65)/b22-20-,47-43+. The molecule has 7 atom stereocenters. The molecule has 1 rings (SSSR count). The van der Waals surface area contributed by atoms with Gasteiger partial charge in [-0.25, -0.2) is 0 Å². The van der Waals surface area contributed by atoms with Gasteiger partial charge in [-0.15, -0.1) is 0 Å². The van der Waals surface area contributed by atoms with E-state index in [1.54, 1.807) is 6.08 Å². The third-order valence-electron chi connectivity index (χ3n) is 14.6. The molecule has 0 spiro atoms. The number of aliphatic hydroxyl groups is 5. The monoisotopic (exact) mass is 1020 g/mol. The number of esters is 1. The Bertz CT molecular complexity index is 1250. The minimum absolute atomic E-state index is 0.0161. The number of aliphatic hydroxyl groups excluding tert-OH is 5. The van der Waals surface area contributed by atoms with Gasteiger partial charge in [-0.2, -0.15) is 0 Å². The molecule has 7 unspecified atom stereocenters. The Kier molecular flexibility index (Phi) is 48.5. The number of allylic oxidation sites excluding steroid dienone is 3. The molecule has 0 bridgehead atoms. The second-order valence-corrected chi connectivity index (χ2v) is 21.4. The van der Waals surface area contributed by atoms with Crippen LogP contribution in [0, 0.1) is 0 Å². The first-order valence-electron chi connectivity index (χ1n) is 30.6. The van der Waals surface area contributed by atoms with E-state index in [1.807, 2.05) is 6.08 Å². The highest BCUT2D eigenvalue weighted by Crippen LogP contribution is 2.23. The Labute approximate surface area is 441 Å². The van der Waals surface area contributed by atoms with Gasteiger partial charge in [0, 0.05) is 12.8 Å². The molecule has 1 aliphatic heterocycles. The van der Waals surface area contributed by atoms with Gasteiger partial charge in [0.15, 0.2) is 6.29 Å². The molecular formula is C61H115NO10. The maximum atomic E-state index is 13.0. The van der Waals surface area contributed by atoms with Crippen LogP contribution in [0.5, 0.6) is 0 Å². The lowest BCUT2D eigenvalue weighted by atomic mass is 9.99. The van der Waals surface area contributed by atoms with E-state index in [0.29, 0.717) is 19.4 Å². The van der Waals surface area contributed by atoms with E-state index in [0.717, 1.165) is 89.9 Å². The van der Waals surface area contributed by atoms with Crippen LogP contribution in [0.15, 0.2) is 24.3 Å². The van der Waals surface area contributed by atoms with Crippen molar-refractivity contribution in [2.75, 3.05) is 19.8 Å². The summed E-state index contributed by atoms with van der Waals surface area (Å²) in [7, 11) is 0. The first-order chi connectivity index (χ1) is 35.2. The van der Waals surface area contributed by atoms with Crippen LogP contribution in [0.1, 0.15) is 290 Å². The van der Waals surface area contributed by atoms with Crippen molar-refractivity contribution in [2.24, 2.45) is 0 Å². The molecule has 6 N–H and O–H groups in total. The molecule has 0 aromatic rings. The van der Waals surface area contributed by atoms with Gasteiger partial charge in [-0.05, 0) is 57.8 Å². The first-order valence-corrected chi connectivity index (χ1v) is 30.6. The van der Waals surface area contributed by atoms with Crippen molar-refractivity contribution in [2.45, 2.75) is 333 Å². The molecule has 1 saturated heterocycles. The van der Waals surface area contributed by atoms with Gasteiger partial charge >= 0.3 is 5.97 Å². The number of carbonyl (C=O) groups excluding carboxylic acids is 2. The van der Waals surface area contributed by atoms with E-state index in [-0.39, 0.29) is 18.5 Å². The van der Waals surface area contributed by atoms with Gasteiger partial charge in [-0.3, -0.25) is 9.59 Å². The van der Waals surface area contributed by atoms with Crippen molar-refractivity contribution in [3.8, 4) is 0 Å². The topological polar surface area (TPSA) is 175 Å². The van der Waals surface area contributed by atoms with Crippen molar-refractivity contribution in [3.05, 3.63) is 24.3 Å². The molecule has 11 nitrogen and oxygen atoms in total. The van der Waals surface area contributed by atoms with E-state index in [9.17, 15) is 35.1 Å². The molecule has 0 saturated carbocycles. The predicted octanol–water partition coefficient (Wildman–Crippen LogP) is 14.1. The van der Waals surface area contributed by atoms with Crippen molar-refractivity contribution >= 4 is 11.9 Å². The Balaban J connectivity index is 2.02. The zero-order chi connectivity index (χ0) is 52.4. The number of carbonyl (C=O) groups is 2. The summed E-state index contributed by atoms with van der Waals surface area (Å²) in [5, 5.41) is 54.2. The van der Waals surface area contributed by atoms with E-state index in [4.69, 9.17) is 14.2 Å². The molecule has 1 aliphatic rings. The number of amides is 1. The maximum absolute atomic E-state index is 13.0. The second kappa shape index (κ2) is 51.3. The first kappa shape index (κ1) is 68.2. The summed E-state index contributed by atoms with van der Waals surface area (Å²) in [6.45, 7) is 4.29. The highest BCUT2D eigenvalue weighted by Gasteiger charge is 2.44. The summed E-state index contributed by atoms with van der Waals surface area (Å²) >= 11 is 0. The maximum Gasteiger partial charge on any atom is 0.305 e. The summed E-state index contributed by atoms with van der Waals surface area (Å²) in [6.07, 6.45) is 51.5. The fourth-order valence-electron chi connectivity index (χ4n) is 9.67. The molecule has 0 aromatic heterocycles. The minimum Gasteiger partial charge on any atom is -0.466 e. The Morgan fingerprint density at radius 1 is 0.500 bits per heavy atom. The van der Waals surface area contributed by atoms with Gasteiger partial charge in [0.25, 0.3) is 0 Å². The summed E-state index contributed by atoms with van der Waals surface area (Å²) < 4.78 is 16.7. The van der Waals surface area contributed by atoms with E-state index >= 15 is 0 Å². The predicted molar refractivity (Wildman–Crippen MR) is 297 cm³/mol. The van der Waals surface area contributed by atoms with E-state index in [2.05, 4.69) is 31.3 Å². The lowest BCUT2D eigenvalue weighted by Gasteiger charge is -2.40. The molecule has 0 radical (unpaired) electrons. The average Bonchev–Trinajstić information content (AvgIpc) is 3.38. The van der Waals surface area contributed by atoms with Crippen molar-refractivity contribution in [1.82, 2.24) is 5.32 Å². The van der Waals surface area contributed by atoms with Gasteiger partial charge in [0.2, 0.25) is 5.91 Å². The molecule has 0 aliphatic carbocycles. The van der Waals surface area contributed by atoms with E-state index < -0.39 is 49.5 Å². The normalized spacial score (nSPS) is 19.1. The fourth-order valence-corrected chi connectivity index (χ4v) is 9.67. The quantitative estimate of drug-likeness (QED) is 0.0195. The lowest BCUT2D eigenvalue weighted by molar-refractivity contribution is -0.302. The van der Waals surface area contributed by atoms with Crippen LogP contribution in [-0.2, 0) is 23.8 Å².